The summed E-state index contributed by atoms with van der Waals surface area (Å²) in [4.78, 5) is 16.4. The third-order valence-corrected chi connectivity index (χ3v) is 3.69. The monoisotopic (exact) mass is 281 g/mol. The molecule has 2 N–H and O–H groups in total. The summed E-state index contributed by atoms with van der Waals surface area (Å²) in [5.41, 5.74) is 3.61. The van der Waals surface area contributed by atoms with Gasteiger partial charge in [0.1, 0.15) is 5.82 Å². The molecule has 1 aliphatic carbocycles. The highest BCUT2D eigenvalue weighted by Gasteiger charge is 2.12. The first-order chi connectivity index (χ1) is 10.3. The van der Waals surface area contributed by atoms with Crippen molar-refractivity contribution in [1.29, 1.82) is 0 Å². The van der Waals surface area contributed by atoms with Crippen molar-refractivity contribution < 1.29 is 4.79 Å². The Morgan fingerprint density at radius 2 is 1.95 bits per heavy atom. The molecule has 1 amide bonds. The van der Waals surface area contributed by atoms with E-state index in [2.05, 4.69) is 21.7 Å². The number of fused-ring (bicyclic) bond motifs is 1. The van der Waals surface area contributed by atoms with Gasteiger partial charge in [0, 0.05) is 12.2 Å². The number of amides is 1. The van der Waals surface area contributed by atoms with Gasteiger partial charge in [0.2, 0.25) is 5.91 Å². The van der Waals surface area contributed by atoms with E-state index in [0.29, 0.717) is 6.54 Å². The zero-order valence-corrected chi connectivity index (χ0v) is 11.9. The molecule has 0 spiro atoms. The third-order valence-electron chi connectivity index (χ3n) is 3.69. The van der Waals surface area contributed by atoms with Crippen LogP contribution in [-0.4, -0.2) is 17.4 Å². The van der Waals surface area contributed by atoms with Crippen LogP contribution in [0.4, 0.5) is 5.82 Å². The number of aryl methyl sites for hydroxylation is 2. The van der Waals surface area contributed by atoms with Crippen molar-refractivity contribution in [3.63, 3.8) is 0 Å². The number of benzene rings is 1. The van der Waals surface area contributed by atoms with E-state index in [1.165, 1.54) is 17.7 Å². The van der Waals surface area contributed by atoms with E-state index in [9.17, 15) is 4.79 Å². The number of nitrogens with one attached hydrogen (secondary N) is 2. The Bertz CT molecular complexity index is 625. The Balaban J connectivity index is 1.47. The Morgan fingerprint density at radius 3 is 2.81 bits per heavy atom. The molecule has 0 saturated carbocycles. The van der Waals surface area contributed by atoms with Gasteiger partial charge in [-0.1, -0.05) is 36.4 Å². The maximum Gasteiger partial charge on any atom is 0.239 e. The molecule has 4 heteroatoms. The molecule has 0 atom stereocenters. The number of carbonyl (C=O) groups excluding carboxylic acids is 1. The first-order valence-electron chi connectivity index (χ1n) is 7.34. The number of pyridine rings is 1. The van der Waals surface area contributed by atoms with E-state index in [-0.39, 0.29) is 12.5 Å². The summed E-state index contributed by atoms with van der Waals surface area (Å²) >= 11 is 0. The fourth-order valence-electron chi connectivity index (χ4n) is 2.55. The molecule has 1 aromatic heterocycles. The van der Waals surface area contributed by atoms with Gasteiger partial charge in [-0.3, -0.25) is 4.79 Å². The first-order valence-corrected chi connectivity index (χ1v) is 7.34. The number of hydrogen-bond donors (Lipinski definition) is 2. The van der Waals surface area contributed by atoms with Gasteiger partial charge in [0.25, 0.3) is 0 Å². The second-order valence-corrected chi connectivity index (χ2v) is 5.27. The van der Waals surface area contributed by atoms with Gasteiger partial charge in [-0.05, 0) is 36.5 Å². The van der Waals surface area contributed by atoms with Gasteiger partial charge in [-0.2, -0.15) is 0 Å². The lowest BCUT2D eigenvalue weighted by Gasteiger charge is -2.08. The number of hydrogen-bond acceptors (Lipinski definition) is 3. The minimum atomic E-state index is -0.0267. The lowest BCUT2D eigenvalue weighted by molar-refractivity contribution is -0.119. The highest BCUT2D eigenvalue weighted by Crippen LogP contribution is 2.21. The Labute approximate surface area is 124 Å². The molecule has 0 radical (unpaired) electrons. The van der Waals surface area contributed by atoms with Gasteiger partial charge in [-0.25, -0.2) is 4.98 Å². The number of rotatable bonds is 5. The molecule has 0 bridgehead atoms. The standard InChI is InChI=1S/C17H19N3O/c21-17(19-11-13-5-2-1-3-6-13)12-18-16-10-9-14-7-4-8-15(14)20-16/h1-3,5-6,9-10H,4,7-8,11-12H2,(H,18,20)(H,19,21). The largest absolute Gasteiger partial charge is 0.361 e. The van der Waals surface area contributed by atoms with Crippen LogP contribution in [0.1, 0.15) is 23.2 Å². The highest BCUT2D eigenvalue weighted by molar-refractivity contribution is 5.80. The lowest BCUT2D eigenvalue weighted by Crippen LogP contribution is -2.29. The van der Waals surface area contributed by atoms with E-state index in [1.807, 2.05) is 36.4 Å². The van der Waals surface area contributed by atoms with E-state index in [0.717, 1.165) is 24.2 Å². The summed E-state index contributed by atoms with van der Waals surface area (Å²) in [5.74, 6) is 0.756. The Morgan fingerprint density at radius 1 is 1.10 bits per heavy atom. The van der Waals surface area contributed by atoms with Gasteiger partial charge in [0.05, 0.1) is 6.54 Å². The zero-order chi connectivity index (χ0) is 14.5. The summed E-state index contributed by atoms with van der Waals surface area (Å²) < 4.78 is 0. The second kappa shape index (κ2) is 6.39. The van der Waals surface area contributed by atoms with Crippen LogP contribution in [0.2, 0.25) is 0 Å². The third kappa shape index (κ3) is 3.60. The van der Waals surface area contributed by atoms with Gasteiger partial charge in [-0.15, -0.1) is 0 Å². The van der Waals surface area contributed by atoms with E-state index in [4.69, 9.17) is 0 Å². The molecule has 1 aliphatic rings. The highest BCUT2D eigenvalue weighted by atomic mass is 16.1. The van der Waals surface area contributed by atoms with Crippen molar-refractivity contribution in [1.82, 2.24) is 10.3 Å². The molecule has 1 heterocycles. The predicted molar refractivity (Wildman–Crippen MR) is 83.0 cm³/mol. The van der Waals surface area contributed by atoms with Crippen molar-refractivity contribution >= 4 is 11.7 Å². The van der Waals surface area contributed by atoms with Crippen molar-refractivity contribution in [2.75, 3.05) is 11.9 Å². The Kier molecular flexibility index (Phi) is 4.15. The summed E-state index contributed by atoms with van der Waals surface area (Å²) in [7, 11) is 0. The topological polar surface area (TPSA) is 54.0 Å². The maximum atomic E-state index is 11.8. The summed E-state index contributed by atoms with van der Waals surface area (Å²) in [6, 6.07) is 14.0. The fraction of sp³-hybridized carbons (Fsp3) is 0.294. The van der Waals surface area contributed by atoms with Crippen molar-refractivity contribution in [3.05, 3.63) is 59.3 Å². The molecule has 0 unspecified atom stereocenters. The molecule has 3 rings (SSSR count). The summed E-state index contributed by atoms with van der Waals surface area (Å²) in [5, 5.41) is 5.98. The molecular weight excluding hydrogens is 262 g/mol. The van der Waals surface area contributed by atoms with Crippen molar-refractivity contribution in [2.24, 2.45) is 0 Å². The first kappa shape index (κ1) is 13.6. The van der Waals surface area contributed by atoms with Crippen molar-refractivity contribution in [3.8, 4) is 0 Å². The molecular formula is C17H19N3O. The summed E-state index contributed by atoms with van der Waals surface area (Å²) in [6.45, 7) is 0.803. The smallest absolute Gasteiger partial charge is 0.239 e. The van der Waals surface area contributed by atoms with Crippen molar-refractivity contribution in [2.45, 2.75) is 25.8 Å². The fourth-order valence-corrected chi connectivity index (χ4v) is 2.55. The van der Waals surface area contributed by atoms with Gasteiger partial charge < -0.3 is 10.6 Å². The Hall–Kier alpha value is -2.36. The number of anilines is 1. The van der Waals surface area contributed by atoms with E-state index < -0.39 is 0 Å². The minimum Gasteiger partial charge on any atom is -0.361 e. The average Bonchev–Trinajstić information content (AvgIpc) is 2.99. The second-order valence-electron chi connectivity index (χ2n) is 5.27. The van der Waals surface area contributed by atoms with Crippen LogP contribution >= 0.6 is 0 Å². The normalized spacial score (nSPS) is 12.8. The molecule has 108 valence electrons. The van der Waals surface area contributed by atoms with Gasteiger partial charge in [0.15, 0.2) is 0 Å². The van der Waals surface area contributed by atoms with E-state index in [1.54, 1.807) is 0 Å². The van der Waals surface area contributed by atoms with Crippen LogP contribution in [0.25, 0.3) is 0 Å². The number of nitrogens with zero attached hydrogens (tertiary/aromatic N) is 1. The molecule has 0 fully saturated rings. The van der Waals surface area contributed by atoms with Gasteiger partial charge >= 0.3 is 0 Å². The molecule has 0 saturated heterocycles. The summed E-state index contributed by atoms with van der Waals surface area (Å²) in [6.07, 6.45) is 3.36. The van der Waals surface area contributed by atoms with Crippen LogP contribution in [0.15, 0.2) is 42.5 Å². The SMILES string of the molecule is O=C(CNc1ccc2c(n1)CCC2)NCc1ccccc1. The molecule has 4 nitrogen and oxygen atoms in total. The van der Waals surface area contributed by atoms with Crippen LogP contribution in [-0.2, 0) is 24.2 Å². The minimum absolute atomic E-state index is 0.0267. The molecule has 0 aliphatic heterocycles. The number of carbonyl (C=O) groups is 1. The molecule has 21 heavy (non-hydrogen) atoms. The zero-order valence-electron chi connectivity index (χ0n) is 11.9. The average molecular weight is 281 g/mol. The maximum absolute atomic E-state index is 11.8. The lowest BCUT2D eigenvalue weighted by atomic mass is 10.2. The van der Waals surface area contributed by atoms with Crippen LogP contribution < -0.4 is 10.6 Å². The number of aromatic nitrogens is 1. The van der Waals surface area contributed by atoms with Crippen LogP contribution in [0, 0.1) is 0 Å². The van der Waals surface area contributed by atoms with Crippen LogP contribution in [0.3, 0.4) is 0 Å². The van der Waals surface area contributed by atoms with Crippen LogP contribution in [0.5, 0.6) is 0 Å². The molecule has 1 aromatic carbocycles. The predicted octanol–water partition coefficient (Wildman–Crippen LogP) is 2.30. The molecule has 2 aromatic rings. The quantitative estimate of drug-likeness (QED) is 0.884. The van der Waals surface area contributed by atoms with E-state index >= 15 is 0 Å².